The van der Waals surface area contributed by atoms with Crippen LogP contribution in [0.5, 0.6) is 0 Å². The summed E-state index contributed by atoms with van der Waals surface area (Å²) in [5.41, 5.74) is 0.670. The molecule has 0 bridgehead atoms. The first-order valence-corrected chi connectivity index (χ1v) is 5.63. The van der Waals surface area contributed by atoms with Crippen LogP contribution < -0.4 is 5.32 Å². The minimum atomic E-state index is -0.597. The largest absolute Gasteiger partial charge is 0.321 e. The summed E-state index contributed by atoms with van der Waals surface area (Å²) in [5.74, 6) is -1.07. The molecule has 0 saturated carbocycles. The number of carbonyl (C=O) groups is 1. The van der Waals surface area contributed by atoms with Crippen molar-refractivity contribution >= 4 is 34.5 Å². The van der Waals surface area contributed by atoms with Gasteiger partial charge in [-0.25, -0.2) is 9.37 Å². The van der Waals surface area contributed by atoms with Crippen molar-refractivity contribution in [1.29, 1.82) is 0 Å². The molecule has 0 unspecified atom stereocenters. The fraction of sp³-hybridized carbons (Fsp3) is 0. The lowest BCUT2D eigenvalue weighted by Gasteiger charge is -2.04. The van der Waals surface area contributed by atoms with Crippen LogP contribution in [0.1, 0.15) is 10.4 Å². The van der Waals surface area contributed by atoms with Gasteiger partial charge in [0.05, 0.1) is 17.4 Å². The van der Waals surface area contributed by atoms with E-state index in [0.29, 0.717) is 5.69 Å². The van der Waals surface area contributed by atoms with Crippen molar-refractivity contribution in [2.45, 2.75) is 0 Å². The van der Waals surface area contributed by atoms with Crippen molar-refractivity contribution in [2.75, 3.05) is 5.32 Å². The van der Waals surface area contributed by atoms with Gasteiger partial charge in [-0.2, -0.15) is 11.3 Å². The van der Waals surface area contributed by atoms with Crippen molar-refractivity contribution in [3.05, 3.63) is 45.6 Å². The highest BCUT2D eigenvalue weighted by molar-refractivity contribution is 7.08. The molecule has 2 heterocycles. The normalized spacial score (nSPS) is 10.1. The number of nitrogens with one attached hydrogen (secondary N) is 1. The molecule has 0 spiro atoms. The van der Waals surface area contributed by atoms with E-state index in [-0.39, 0.29) is 10.7 Å². The van der Waals surface area contributed by atoms with Crippen LogP contribution in [-0.4, -0.2) is 10.9 Å². The predicted octanol–water partition coefficient (Wildman–Crippen LogP) is 3.19. The Hall–Kier alpha value is -1.46. The fourth-order valence-corrected chi connectivity index (χ4v) is 1.89. The van der Waals surface area contributed by atoms with Crippen LogP contribution >= 0.6 is 22.9 Å². The molecule has 0 aliphatic rings. The Bertz CT molecular complexity index is 516. The van der Waals surface area contributed by atoms with Crippen molar-refractivity contribution in [3.8, 4) is 0 Å². The van der Waals surface area contributed by atoms with E-state index in [1.54, 1.807) is 11.4 Å². The maximum Gasteiger partial charge on any atom is 0.258 e. The zero-order valence-electron chi connectivity index (χ0n) is 7.91. The van der Waals surface area contributed by atoms with E-state index in [2.05, 4.69) is 10.3 Å². The first kappa shape index (κ1) is 11.0. The monoisotopic (exact) mass is 256 g/mol. The fourth-order valence-electron chi connectivity index (χ4n) is 1.12. The minimum absolute atomic E-state index is 0.0193. The van der Waals surface area contributed by atoms with Gasteiger partial charge in [0.2, 0.25) is 0 Å². The summed E-state index contributed by atoms with van der Waals surface area (Å²) in [7, 11) is 0. The second kappa shape index (κ2) is 4.59. The first-order chi connectivity index (χ1) is 7.66. The van der Waals surface area contributed by atoms with Crippen LogP contribution in [0.25, 0.3) is 0 Å². The summed E-state index contributed by atoms with van der Waals surface area (Å²) < 4.78 is 12.9. The molecule has 0 saturated heterocycles. The molecule has 16 heavy (non-hydrogen) atoms. The Morgan fingerprint density at radius 2 is 2.38 bits per heavy atom. The molecule has 2 aromatic rings. The molecule has 2 rings (SSSR count). The van der Waals surface area contributed by atoms with Gasteiger partial charge in [-0.3, -0.25) is 4.79 Å². The minimum Gasteiger partial charge on any atom is -0.321 e. The van der Waals surface area contributed by atoms with Crippen LogP contribution in [0.15, 0.2) is 29.1 Å². The quantitative estimate of drug-likeness (QED) is 0.839. The number of hydrogen-bond acceptors (Lipinski definition) is 3. The molecular weight excluding hydrogens is 251 g/mol. The third-order valence-corrected chi connectivity index (χ3v) is 2.81. The number of hydrogen-bond donors (Lipinski definition) is 1. The molecule has 82 valence electrons. The van der Waals surface area contributed by atoms with Gasteiger partial charge in [0.25, 0.3) is 5.91 Å². The zero-order valence-corrected chi connectivity index (χ0v) is 9.48. The van der Waals surface area contributed by atoms with E-state index in [1.807, 2.05) is 5.38 Å². The molecule has 1 N–H and O–H groups in total. The van der Waals surface area contributed by atoms with E-state index in [0.717, 1.165) is 12.3 Å². The smallest absolute Gasteiger partial charge is 0.258 e. The summed E-state index contributed by atoms with van der Waals surface area (Å²) in [4.78, 5) is 15.2. The van der Waals surface area contributed by atoms with Gasteiger partial charge in [-0.05, 0) is 17.5 Å². The van der Waals surface area contributed by atoms with Gasteiger partial charge in [0.1, 0.15) is 11.0 Å². The number of halogens is 2. The lowest BCUT2D eigenvalue weighted by atomic mass is 10.2. The third kappa shape index (κ3) is 2.37. The highest BCUT2D eigenvalue weighted by Crippen LogP contribution is 2.17. The average molecular weight is 257 g/mol. The van der Waals surface area contributed by atoms with Crippen molar-refractivity contribution in [2.24, 2.45) is 0 Å². The Labute approximate surface area is 99.9 Å². The molecule has 1 amide bonds. The van der Waals surface area contributed by atoms with Crippen molar-refractivity contribution in [1.82, 2.24) is 4.98 Å². The predicted molar refractivity (Wildman–Crippen MR) is 61.5 cm³/mol. The summed E-state index contributed by atoms with van der Waals surface area (Å²) in [6.07, 6.45) is 0.962. The maximum absolute atomic E-state index is 12.9. The molecule has 0 aliphatic heterocycles. The number of rotatable bonds is 2. The van der Waals surface area contributed by atoms with Gasteiger partial charge < -0.3 is 5.32 Å². The maximum atomic E-state index is 12.9. The van der Waals surface area contributed by atoms with Crippen LogP contribution in [0.3, 0.4) is 0 Å². The molecule has 3 nitrogen and oxygen atoms in total. The number of anilines is 1. The molecule has 2 aromatic heterocycles. The molecule has 0 aliphatic carbocycles. The third-order valence-electron chi connectivity index (χ3n) is 1.83. The summed E-state index contributed by atoms with van der Waals surface area (Å²) in [6.45, 7) is 0. The second-order valence-corrected chi connectivity index (χ2v) is 4.10. The number of thiophene rings is 1. The SMILES string of the molecule is O=C(Nc1ccsc1)c1cc(F)cnc1Cl. The molecular formula is C10H6ClFN2OS. The average Bonchev–Trinajstić information content (AvgIpc) is 2.74. The number of nitrogens with zero attached hydrogens (tertiary/aromatic N) is 1. The number of amides is 1. The zero-order chi connectivity index (χ0) is 11.5. The van der Waals surface area contributed by atoms with Crippen molar-refractivity contribution in [3.63, 3.8) is 0 Å². The first-order valence-electron chi connectivity index (χ1n) is 4.31. The van der Waals surface area contributed by atoms with E-state index in [9.17, 15) is 9.18 Å². The van der Waals surface area contributed by atoms with Crippen LogP contribution in [-0.2, 0) is 0 Å². The molecule has 6 heteroatoms. The summed E-state index contributed by atoms with van der Waals surface area (Å²) in [6, 6.07) is 2.79. The molecule has 0 atom stereocenters. The second-order valence-electron chi connectivity index (χ2n) is 2.96. The van der Waals surface area contributed by atoms with Gasteiger partial charge >= 0.3 is 0 Å². The number of pyridine rings is 1. The van der Waals surface area contributed by atoms with E-state index >= 15 is 0 Å². The van der Waals surface area contributed by atoms with Crippen LogP contribution in [0, 0.1) is 5.82 Å². The van der Waals surface area contributed by atoms with Gasteiger partial charge in [0, 0.05) is 5.38 Å². The summed E-state index contributed by atoms with van der Waals surface area (Å²) >= 11 is 7.14. The van der Waals surface area contributed by atoms with Crippen LogP contribution in [0.2, 0.25) is 5.15 Å². The topological polar surface area (TPSA) is 42.0 Å². The van der Waals surface area contributed by atoms with E-state index in [4.69, 9.17) is 11.6 Å². The lowest BCUT2D eigenvalue weighted by molar-refractivity contribution is 0.102. The lowest BCUT2D eigenvalue weighted by Crippen LogP contribution is -2.12. The van der Waals surface area contributed by atoms with Gasteiger partial charge in [-0.15, -0.1) is 0 Å². The Kier molecular flexibility index (Phi) is 3.17. The Morgan fingerprint density at radius 1 is 1.56 bits per heavy atom. The van der Waals surface area contributed by atoms with Crippen LogP contribution in [0.4, 0.5) is 10.1 Å². The molecule has 0 aromatic carbocycles. The molecule has 0 radical (unpaired) electrons. The highest BCUT2D eigenvalue weighted by atomic mass is 35.5. The summed E-state index contributed by atoms with van der Waals surface area (Å²) in [5, 5.41) is 6.15. The van der Waals surface area contributed by atoms with Gasteiger partial charge in [-0.1, -0.05) is 11.6 Å². The number of carbonyl (C=O) groups excluding carboxylic acids is 1. The number of aromatic nitrogens is 1. The Morgan fingerprint density at radius 3 is 3.06 bits per heavy atom. The standard InChI is InChI=1S/C10H6ClFN2OS/c11-9-8(3-6(12)4-13-9)10(15)14-7-1-2-16-5-7/h1-5H,(H,14,15). The highest BCUT2D eigenvalue weighted by Gasteiger charge is 2.12. The Balaban J connectivity index is 2.24. The van der Waals surface area contributed by atoms with E-state index < -0.39 is 11.7 Å². The molecule has 0 fully saturated rings. The van der Waals surface area contributed by atoms with Crippen molar-refractivity contribution < 1.29 is 9.18 Å². The van der Waals surface area contributed by atoms with Gasteiger partial charge in [0.15, 0.2) is 0 Å². The van der Waals surface area contributed by atoms with E-state index in [1.165, 1.54) is 11.3 Å².